The summed E-state index contributed by atoms with van der Waals surface area (Å²) in [6.45, 7) is 0.554. The van der Waals surface area contributed by atoms with Gasteiger partial charge in [0, 0.05) is 18.0 Å². The maximum Gasteiger partial charge on any atom is 0.255 e. The lowest BCUT2D eigenvalue weighted by Crippen LogP contribution is -2.31. The van der Waals surface area contributed by atoms with Crippen LogP contribution in [-0.2, 0) is 0 Å². The van der Waals surface area contributed by atoms with Gasteiger partial charge in [-0.25, -0.2) is 0 Å². The van der Waals surface area contributed by atoms with Gasteiger partial charge in [-0.1, -0.05) is 6.42 Å². The molecular weight excluding hydrogens is 266 g/mol. The Morgan fingerprint density at radius 2 is 2.32 bits per heavy atom. The zero-order valence-electron chi connectivity index (χ0n) is 10.9. The van der Waals surface area contributed by atoms with Gasteiger partial charge in [-0.3, -0.25) is 4.79 Å². The summed E-state index contributed by atoms with van der Waals surface area (Å²) >= 11 is 6.16. The van der Waals surface area contributed by atoms with E-state index in [4.69, 9.17) is 16.3 Å². The van der Waals surface area contributed by atoms with Crippen LogP contribution in [0.5, 0.6) is 11.5 Å². The van der Waals surface area contributed by atoms with E-state index in [2.05, 4.69) is 5.32 Å². The lowest BCUT2D eigenvalue weighted by molar-refractivity contribution is 0.0945. The largest absolute Gasteiger partial charge is 0.507 e. The number of aromatic hydroxyl groups is 1. The molecule has 1 fully saturated rings. The summed E-state index contributed by atoms with van der Waals surface area (Å²) in [5.74, 6) is 0.485. The Morgan fingerprint density at radius 1 is 1.53 bits per heavy atom. The highest BCUT2D eigenvalue weighted by atomic mass is 35.5. The van der Waals surface area contributed by atoms with Crippen molar-refractivity contribution in [1.82, 2.24) is 5.32 Å². The van der Waals surface area contributed by atoms with Gasteiger partial charge in [-0.2, -0.15) is 0 Å². The number of hydrogen-bond acceptors (Lipinski definition) is 3. The minimum atomic E-state index is -0.282. The lowest BCUT2D eigenvalue weighted by atomic mass is 10.1. The number of phenolic OH excluding ortho intramolecular Hbond substituents is 1. The molecule has 1 aliphatic rings. The lowest BCUT2D eigenvalue weighted by Gasteiger charge is -2.15. The number of phenols is 1. The van der Waals surface area contributed by atoms with E-state index in [1.165, 1.54) is 13.2 Å². The zero-order valence-corrected chi connectivity index (χ0v) is 11.6. The summed E-state index contributed by atoms with van der Waals surface area (Å²) in [7, 11) is 1.51. The Hall–Kier alpha value is -1.42. The molecule has 2 atom stereocenters. The van der Waals surface area contributed by atoms with Crippen LogP contribution in [0.15, 0.2) is 18.2 Å². The number of amides is 1. The number of nitrogens with one attached hydrogen (secondary N) is 1. The van der Waals surface area contributed by atoms with Gasteiger partial charge in [0.05, 0.1) is 12.7 Å². The Kier molecular flexibility index (Phi) is 4.53. The molecule has 19 heavy (non-hydrogen) atoms. The highest BCUT2D eigenvalue weighted by molar-refractivity contribution is 6.21. The highest BCUT2D eigenvalue weighted by Gasteiger charge is 2.25. The number of ether oxygens (including phenoxy) is 1. The average Bonchev–Trinajstić information content (AvgIpc) is 2.81. The molecule has 1 aromatic rings. The number of benzene rings is 1. The minimum Gasteiger partial charge on any atom is -0.507 e. The Labute approximate surface area is 117 Å². The predicted molar refractivity (Wildman–Crippen MR) is 74.0 cm³/mol. The predicted octanol–water partition coefficient (Wildman–Crippen LogP) is 2.54. The van der Waals surface area contributed by atoms with Crippen molar-refractivity contribution in [3.05, 3.63) is 23.8 Å². The molecule has 2 unspecified atom stereocenters. The van der Waals surface area contributed by atoms with E-state index >= 15 is 0 Å². The molecule has 1 aromatic carbocycles. The number of rotatable bonds is 4. The topological polar surface area (TPSA) is 58.6 Å². The first-order valence-electron chi connectivity index (χ1n) is 6.41. The maximum absolute atomic E-state index is 12.0. The van der Waals surface area contributed by atoms with Crippen LogP contribution < -0.4 is 10.1 Å². The van der Waals surface area contributed by atoms with Crippen molar-refractivity contribution in [2.24, 2.45) is 5.92 Å². The van der Waals surface area contributed by atoms with Gasteiger partial charge < -0.3 is 15.2 Å². The van der Waals surface area contributed by atoms with E-state index in [1.807, 2.05) is 0 Å². The second-order valence-electron chi connectivity index (χ2n) is 4.80. The Balaban J connectivity index is 1.96. The molecule has 5 heteroatoms. The third kappa shape index (κ3) is 3.32. The standard InChI is InChI=1S/C14H18ClNO3/c1-19-10-5-6-11(13(17)7-10)14(18)16-8-9-3-2-4-12(9)15/h5-7,9,12,17H,2-4,8H2,1H3,(H,16,18). The molecule has 0 aromatic heterocycles. The van der Waals surface area contributed by atoms with Crippen molar-refractivity contribution < 1.29 is 14.6 Å². The van der Waals surface area contributed by atoms with Gasteiger partial charge in [-0.15, -0.1) is 11.6 Å². The van der Waals surface area contributed by atoms with Crippen LogP contribution in [0.25, 0.3) is 0 Å². The van der Waals surface area contributed by atoms with E-state index in [0.717, 1.165) is 19.3 Å². The van der Waals surface area contributed by atoms with Crippen LogP contribution >= 0.6 is 11.6 Å². The van der Waals surface area contributed by atoms with Gasteiger partial charge in [0.1, 0.15) is 11.5 Å². The third-order valence-corrected chi connectivity index (χ3v) is 4.12. The molecule has 0 aliphatic heterocycles. The number of carbonyl (C=O) groups excluding carboxylic acids is 1. The number of hydrogen-bond donors (Lipinski definition) is 2. The van der Waals surface area contributed by atoms with Crippen molar-refractivity contribution in [1.29, 1.82) is 0 Å². The average molecular weight is 284 g/mol. The van der Waals surface area contributed by atoms with Crippen LogP contribution in [-0.4, -0.2) is 30.0 Å². The molecular formula is C14H18ClNO3. The molecule has 0 heterocycles. The Morgan fingerprint density at radius 3 is 2.89 bits per heavy atom. The molecule has 1 aliphatic carbocycles. The van der Waals surface area contributed by atoms with Gasteiger partial charge in [-0.05, 0) is 30.9 Å². The monoisotopic (exact) mass is 283 g/mol. The minimum absolute atomic E-state index is 0.0781. The molecule has 104 valence electrons. The van der Waals surface area contributed by atoms with Crippen molar-refractivity contribution >= 4 is 17.5 Å². The van der Waals surface area contributed by atoms with E-state index in [1.54, 1.807) is 12.1 Å². The molecule has 0 saturated heterocycles. The first-order valence-corrected chi connectivity index (χ1v) is 6.84. The van der Waals surface area contributed by atoms with Crippen molar-refractivity contribution in [2.75, 3.05) is 13.7 Å². The highest BCUT2D eigenvalue weighted by Crippen LogP contribution is 2.29. The number of methoxy groups -OCH3 is 1. The number of alkyl halides is 1. The molecule has 2 N–H and O–H groups in total. The second-order valence-corrected chi connectivity index (χ2v) is 5.36. The fourth-order valence-electron chi connectivity index (χ4n) is 2.37. The van der Waals surface area contributed by atoms with E-state index in [9.17, 15) is 9.90 Å². The summed E-state index contributed by atoms with van der Waals surface area (Å²) in [4.78, 5) is 12.0. The van der Waals surface area contributed by atoms with Crippen LogP contribution in [0.1, 0.15) is 29.6 Å². The SMILES string of the molecule is COc1ccc(C(=O)NCC2CCCC2Cl)c(O)c1. The summed E-state index contributed by atoms with van der Waals surface area (Å²) in [6, 6.07) is 4.62. The van der Waals surface area contributed by atoms with Gasteiger partial charge >= 0.3 is 0 Å². The van der Waals surface area contributed by atoms with E-state index < -0.39 is 0 Å². The fraction of sp³-hybridized carbons (Fsp3) is 0.500. The fourth-order valence-corrected chi connectivity index (χ4v) is 2.74. The zero-order chi connectivity index (χ0) is 13.8. The molecule has 0 radical (unpaired) electrons. The molecule has 4 nitrogen and oxygen atoms in total. The number of carbonyl (C=O) groups is 1. The van der Waals surface area contributed by atoms with Crippen LogP contribution in [0.3, 0.4) is 0 Å². The van der Waals surface area contributed by atoms with Crippen LogP contribution in [0, 0.1) is 5.92 Å². The molecule has 2 rings (SSSR count). The van der Waals surface area contributed by atoms with Crippen LogP contribution in [0.4, 0.5) is 0 Å². The summed E-state index contributed by atoms with van der Waals surface area (Å²) in [6.07, 6.45) is 3.17. The first-order chi connectivity index (χ1) is 9.11. The molecule has 0 spiro atoms. The molecule has 1 amide bonds. The normalized spacial score (nSPS) is 22.2. The van der Waals surface area contributed by atoms with E-state index in [-0.39, 0.29) is 22.6 Å². The van der Waals surface area contributed by atoms with Gasteiger partial charge in [0.15, 0.2) is 0 Å². The van der Waals surface area contributed by atoms with E-state index in [0.29, 0.717) is 18.2 Å². The van der Waals surface area contributed by atoms with Crippen molar-refractivity contribution in [3.8, 4) is 11.5 Å². The van der Waals surface area contributed by atoms with Crippen molar-refractivity contribution in [2.45, 2.75) is 24.6 Å². The van der Waals surface area contributed by atoms with Gasteiger partial charge in [0.2, 0.25) is 0 Å². The second kappa shape index (κ2) is 6.15. The van der Waals surface area contributed by atoms with Gasteiger partial charge in [0.25, 0.3) is 5.91 Å². The summed E-state index contributed by atoms with van der Waals surface area (Å²) < 4.78 is 4.98. The quantitative estimate of drug-likeness (QED) is 0.835. The summed E-state index contributed by atoms with van der Waals surface area (Å²) in [5.41, 5.74) is 0.255. The summed E-state index contributed by atoms with van der Waals surface area (Å²) in [5, 5.41) is 12.7. The molecule has 1 saturated carbocycles. The van der Waals surface area contributed by atoms with Crippen molar-refractivity contribution in [3.63, 3.8) is 0 Å². The third-order valence-electron chi connectivity index (χ3n) is 3.54. The maximum atomic E-state index is 12.0. The first kappa shape index (κ1) is 14.0. The smallest absolute Gasteiger partial charge is 0.255 e. The Bertz CT molecular complexity index is 464. The molecule has 0 bridgehead atoms. The van der Waals surface area contributed by atoms with Crippen LogP contribution in [0.2, 0.25) is 0 Å². The number of halogens is 1.